The Balaban J connectivity index is 2.96. The third-order valence-corrected chi connectivity index (χ3v) is 5.18. The highest BCUT2D eigenvalue weighted by Crippen LogP contribution is 2.19. The van der Waals surface area contributed by atoms with Crippen LogP contribution in [0, 0.1) is 0 Å². The van der Waals surface area contributed by atoms with Crippen LogP contribution in [0.15, 0.2) is 38.8 Å². The number of sulfonamides is 1. The predicted molar refractivity (Wildman–Crippen MR) is 82.8 cm³/mol. The summed E-state index contributed by atoms with van der Waals surface area (Å²) in [6.07, 6.45) is 0.135. The minimum Gasteiger partial charge on any atom is -0.409 e. The molecule has 3 N–H and O–H groups in total. The first-order chi connectivity index (χ1) is 9.91. The van der Waals surface area contributed by atoms with Gasteiger partial charge in [0.2, 0.25) is 10.0 Å². The van der Waals surface area contributed by atoms with E-state index in [1.165, 1.54) is 23.5 Å². The fourth-order valence-electron chi connectivity index (χ4n) is 1.59. The largest absolute Gasteiger partial charge is 0.409 e. The fraction of sp³-hybridized carbons (Fsp3) is 0.417. The molecular weight excluding hydrogens is 362 g/mol. The van der Waals surface area contributed by atoms with Gasteiger partial charge in [-0.05, 0) is 24.3 Å². The Morgan fingerprint density at radius 1 is 1.38 bits per heavy atom. The van der Waals surface area contributed by atoms with Gasteiger partial charge in [0, 0.05) is 31.1 Å². The topological polar surface area (TPSA) is 105 Å². The van der Waals surface area contributed by atoms with Crippen LogP contribution >= 0.6 is 15.9 Å². The standard InChI is InChI=1S/C12H18BrN3O4S/c1-20-9-8-16(7-6-12(14)15-17)21(18,19)11-4-2-10(13)3-5-11/h2-5,17H,6-9H2,1H3,(H2,14,15). The third-order valence-electron chi connectivity index (χ3n) is 2.74. The van der Waals surface area contributed by atoms with Crippen molar-refractivity contribution in [3.63, 3.8) is 0 Å². The SMILES string of the molecule is COCCN(CCC(N)=NO)S(=O)(=O)c1ccc(Br)cc1. The van der Waals surface area contributed by atoms with Crippen molar-refractivity contribution in [2.45, 2.75) is 11.3 Å². The molecule has 0 aromatic heterocycles. The quantitative estimate of drug-likeness (QED) is 0.305. The molecule has 7 nitrogen and oxygen atoms in total. The third kappa shape index (κ3) is 5.27. The molecule has 0 bridgehead atoms. The van der Waals surface area contributed by atoms with Crippen molar-refractivity contribution in [1.29, 1.82) is 0 Å². The Morgan fingerprint density at radius 3 is 2.52 bits per heavy atom. The molecule has 0 saturated carbocycles. The summed E-state index contributed by atoms with van der Waals surface area (Å²) in [5.41, 5.74) is 5.39. The Morgan fingerprint density at radius 2 is 2.00 bits per heavy atom. The van der Waals surface area contributed by atoms with E-state index in [4.69, 9.17) is 15.7 Å². The predicted octanol–water partition coefficient (Wildman–Crippen LogP) is 1.22. The van der Waals surface area contributed by atoms with E-state index in [0.29, 0.717) is 0 Å². The number of halogens is 1. The summed E-state index contributed by atoms with van der Waals surface area (Å²) in [7, 11) is -2.16. The van der Waals surface area contributed by atoms with Gasteiger partial charge >= 0.3 is 0 Å². The van der Waals surface area contributed by atoms with Crippen LogP contribution in [0.2, 0.25) is 0 Å². The van der Waals surface area contributed by atoms with Crippen LogP contribution in [-0.4, -0.2) is 50.6 Å². The summed E-state index contributed by atoms with van der Waals surface area (Å²) in [6, 6.07) is 6.35. The fourth-order valence-corrected chi connectivity index (χ4v) is 3.28. The molecule has 1 rings (SSSR count). The Bertz CT molecular complexity index is 575. The highest BCUT2D eigenvalue weighted by atomic mass is 79.9. The van der Waals surface area contributed by atoms with Gasteiger partial charge in [-0.25, -0.2) is 8.42 Å². The molecule has 0 radical (unpaired) electrons. The maximum Gasteiger partial charge on any atom is 0.243 e. The first-order valence-electron chi connectivity index (χ1n) is 6.13. The maximum absolute atomic E-state index is 12.6. The number of hydrogen-bond acceptors (Lipinski definition) is 5. The minimum atomic E-state index is -3.65. The molecule has 0 heterocycles. The van der Waals surface area contributed by atoms with E-state index < -0.39 is 10.0 Å². The molecular formula is C12H18BrN3O4S. The number of methoxy groups -OCH3 is 1. The Labute approximate surface area is 132 Å². The highest BCUT2D eigenvalue weighted by molar-refractivity contribution is 9.10. The molecule has 0 unspecified atom stereocenters. The molecule has 1 aromatic rings. The maximum atomic E-state index is 12.6. The molecule has 0 saturated heterocycles. The molecule has 0 aliphatic rings. The average molecular weight is 380 g/mol. The van der Waals surface area contributed by atoms with Crippen molar-refractivity contribution in [2.24, 2.45) is 10.9 Å². The molecule has 0 atom stereocenters. The molecule has 1 aromatic carbocycles. The number of nitrogens with two attached hydrogens (primary N) is 1. The van der Waals surface area contributed by atoms with Gasteiger partial charge in [0.25, 0.3) is 0 Å². The van der Waals surface area contributed by atoms with E-state index in [1.807, 2.05) is 0 Å². The van der Waals surface area contributed by atoms with Gasteiger partial charge < -0.3 is 15.7 Å². The van der Waals surface area contributed by atoms with Gasteiger partial charge in [-0.15, -0.1) is 0 Å². The van der Waals surface area contributed by atoms with Crippen molar-refractivity contribution in [3.8, 4) is 0 Å². The summed E-state index contributed by atoms with van der Waals surface area (Å²) < 4.78 is 32.1. The van der Waals surface area contributed by atoms with Crippen molar-refractivity contribution >= 4 is 31.8 Å². The zero-order valence-electron chi connectivity index (χ0n) is 11.6. The molecule has 0 fully saturated rings. The number of amidine groups is 1. The summed E-state index contributed by atoms with van der Waals surface area (Å²) in [6.45, 7) is 0.553. The second-order valence-electron chi connectivity index (χ2n) is 4.19. The lowest BCUT2D eigenvalue weighted by Gasteiger charge is -2.21. The van der Waals surface area contributed by atoms with Crippen molar-refractivity contribution in [3.05, 3.63) is 28.7 Å². The van der Waals surface area contributed by atoms with Gasteiger partial charge in [-0.2, -0.15) is 4.31 Å². The first kappa shape index (κ1) is 17.9. The number of rotatable bonds is 8. The number of benzene rings is 1. The lowest BCUT2D eigenvalue weighted by molar-refractivity contribution is 0.179. The van der Waals surface area contributed by atoms with Crippen LogP contribution in [0.3, 0.4) is 0 Å². The summed E-state index contributed by atoms with van der Waals surface area (Å²) >= 11 is 3.26. The molecule has 9 heteroatoms. The number of oxime groups is 1. The minimum absolute atomic E-state index is 0.0246. The normalized spacial score (nSPS) is 12.8. The second-order valence-corrected chi connectivity index (χ2v) is 7.05. The van der Waals surface area contributed by atoms with E-state index in [1.54, 1.807) is 12.1 Å². The van der Waals surface area contributed by atoms with Crippen LogP contribution in [-0.2, 0) is 14.8 Å². The number of nitrogens with zero attached hydrogens (tertiary/aromatic N) is 2. The molecule has 0 aliphatic heterocycles. The number of hydrogen-bond donors (Lipinski definition) is 2. The van der Waals surface area contributed by atoms with Crippen molar-refractivity contribution in [1.82, 2.24) is 4.31 Å². The van der Waals surface area contributed by atoms with Crippen LogP contribution in [0.25, 0.3) is 0 Å². The van der Waals surface area contributed by atoms with E-state index in [2.05, 4.69) is 21.1 Å². The van der Waals surface area contributed by atoms with Crippen LogP contribution in [0.5, 0.6) is 0 Å². The van der Waals surface area contributed by atoms with Gasteiger partial charge in [0.15, 0.2) is 0 Å². The smallest absolute Gasteiger partial charge is 0.243 e. The monoisotopic (exact) mass is 379 g/mol. The van der Waals surface area contributed by atoms with E-state index >= 15 is 0 Å². The molecule has 118 valence electrons. The molecule has 0 amide bonds. The summed E-state index contributed by atoms with van der Waals surface area (Å²) in [5, 5.41) is 11.4. The number of ether oxygens (including phenoxy) is 1. The lowest BCUT2D eigenvalue weighted by atomic mass is 10.4. The van der Waals surface area contributed by atoms with Gasteiger partial charge in [0.1, 0.15) is 5.84 Å². The van der Waals surface area contributed by atoms with Crippen LogP contribution in [0.1, 0.15) is 6.42 Å². The van der Waals surface area contributed by atoms with Crippen molar-refractivity contribution < 1.29 is 18.4 Å². The molecule has 0 spiro atoms. The van der Waals surface area contributed by atoms with Crippen LogP contribution in [0.4, 0.5) is 0 Å². The van der Waals surface area contributed by atoms with Gasteiger partial charge in [-0.3, -0.25) is 0 Å². The van der Waals surface area contributed by atoms with E-state index in [9.17, 15) is 8.42 Å². The van der Waals surface area contributed by atoms with Crippen LogP contribution < -0.4 is 5.73 Å². The molecule has 21 heavy (non-hydrogen) atoms. The summed E-state index contributed by atoms with van der Waals surface area (Å²) in [5.74, 6) is -0.0246. The zero-order chi connectivity index (χ0) is 15.9. The highest BCUT2D eigenvalue weighted by Gasteiger charge is 2.24. The zero-order valence-corrected chi connectivity index (χ0v) is 14.0. The summed E-state index contributed by atoms with van der Waals surface area (Å²) in [4.78, 5) is 0.182. The van der Waals surface area contributed by atoms with Crippen molar-refractivity contribution in [2.75, 3.05) is 26.8 Å². The molecule has 0 aliphatic carbocycles. The Hall–Kier alpha value is -1.16. The second kappa shape index (κ2) is 8.32. The van der Waals surface area contributed by atoms with E-state index in [-0.39, 0.29) is 36.8 Å². The van der Waals surface area contributed by atoms with Gasteiger partial charge in [0.05, 0.1) is 11.5 Å². The average Bonchev–Trinajstić information content (AvgIpc) is 2.47. The van der Waals surface area contributed by atoms with E-state index in [0.717, 1.165) is 4.47 Å². The Kier molecular flexibility index (Phi) is 7.09. The lowest BCUT2D eigenvalue weighted by Crippen LogP contribution is -2.36. The van der Waals surface area contributed by atoms with Gasteiger partial charge in [-0.1, -0.05) is 21.1 Å². The first-order valence-corrected chi connectivity index (χ1v) is 8.36.